The van der Waals surface area contributed by atoms with Crippen LogP contribution in [0.15, 0.2) is 0 Å². The molecule has 1 aromatic heterocycles. The van der Waals surface area contributed by atoms with Gasteiger partial charge in [-0.15, -0.1) is 5.10 Å². The summed E-state index contributed by atoms with van der Waals surface area (Å²) in [5.41, 5.74) is -0.0937. The molecule has 0 fully saturated rings. The van der Waals surface area contributed by atoms with Crippen LogP contribution in [0.3, 0.4) is 0 Å². The molecular formula is C10H18F3N5O. The number of hydrogen-bond donors (Lipinski definition) is 1. The highest BCUT2D eigenvalue weighted by Gasteiger charge is 2.27. The molecule has 0 bridgehead atoms. The van der Waals surface area contributed by atoms with Gasteiger partial charge in [0, 0.05) is 5.54 Å². The molecule has 9 heteroatoms. The van der Waals surface area contributed by atoms with Crippen molar-refractivity contribution in [3.63, 3.8) is 0 Å². The fourth-order valence-corrected chi connectivity index (χ4v) is 1.21. The summed E-state index contributed by atoms with van der Waals surface area (Å²) in [7, 11) is 0. The lowest BCUT2D eigenvalue weighted by Gasteiger charge is -2.19. The first-order valence-corrected chi connectivity index (χ1v) is 5.82. The molecule has 0 aliphatic heterocycles. The van der Waals surface area contributed by atoms with Crippen LogP contribution in [0.2, 0.25) is 0 Å². The van der Waals surface area contributed by atoms with E-state index in [9.17, 15) is 13.2 Å². The first-order valence-electron chi connectivity index (χ1n) is 5.82. The Morgan fingerprint density at radius 3 is 2.53 bits per heavy atom. The van der Waals surface area contributed by atoms with Crippen molar-refractivity contribution >= 4 is 0 Å². The van der Waals surface area contributed by atoms with E-state index in [0.29, 0.717) is 12.4 Å². The Kier molecular flexibility index (Phi) is 5.24. The topological polar surface area (TPSA) is 64.9 Å². The van der Waals surface area contributed by atoms with Crippen LogP contribution in [-0.2, 0) is 17.8 Å². The second-order valence-electron chi connectivity index (χ2n) is 5.09. The number of alkyl halides is 3. The predicted molar refractivity (Wildman–Crippen MR) is 61.3 cm³/mol. The van der Waals surface area contributed by atoms with E-state index in [0.717, 1.165) is 0 Å². The first kappa shape index (κ1) is 15.8. The summed E-state index contributed by atoms with van der Waals surface area (Å²) in [6.07, 6.45) is -4.31. The maximum Gasteiger partial charge on any atom is 0.411 e. The standard InChI is InChI=1S/C10H18F3N5O/c1-9(2,3)14-6-8-15-16-17-18(8)4-5-19-7-10(11,12)13/h14H,4-7H2,1-3H3. The highest BCUT2D eigenvalue weighted by Crippen LogP contribution is 2.14. The quantitative estimate of drug-likeness (QED) is 0.792. The summed E-state index contributed by atoms with van der Waals surface area (Å²) >= 11 is 0. The van der Waals surface area contributed by atoms with Crippen LogP contribution in [-0.4, -0.2) is 45.1 Å². The maximum absolute atomic E-state index is 11.9. The summed E-state index contributed by atoms with van der Waals surface area (Å²) in [5, 5.41) is 14.2. The molecular weight excluding hydrogens is 263 g/mol. The summed E-state index contributed by atoms with van der Waals surface area (Å²) in [6, 6.07) is 0. The van der Waals surface area contributed by atoms with Gasteiger partial charge in [-0.1, -0.05) is 0 Å². The molecule has 1 heterocycles. The van der Waals surface area contributed by atoms with Gasteiger partial charge in [-0.3, -0.25) is 0 Å². The molecule has 1 N–H and O–H groups in total. The van der Waals surface area contributed by atoms with Gasteiger partial charge in [0.15, 0.2) is 5.82 Å². The van der Waals surface area contributed by atoms with Crippen LogP contribution >= 0.6 is 0 Å². The summed E-state index contributed by atoms with van der Waals surface area (Å²) < 4.78 is 41.5. The van der Waals surface area contributed by atoms with Gasteiger partial charge in [0.25, 0.3) is 0 Å². The van der Waals surface area contributed by atoms with Gasteiger partial charge < -0.3 is 10.1 Å². The van der Waals surface area contributed by atoms with Gasteiger partial charge in [-0.05, 0) is 31.2 Å². The third-order valence-electron chi connectivity index (χ3n) is 2.10. The Hall–Kier alpha value is -1.22. The summed E-state index contributed by atoms with van der Waals surface area (Å²) in [4.78, 5) is 0. The minimum Gasteiger partial charge on any atom is -0.370 e. The van der Waals surface area contributed by atoms with Gasteiger partial charge in [0.2, 0.25) is 0 Å². The second kappa shape index (κ2) is 6.29. The van der Waals surface area contributed by atoms with Crippen molar-refractivity contribution in [1.82, 2.24) is 25.5 Å². The SMILES string of the molecule is CC(C)(C)NCc1nnnn1CCOCC(F)(F)F. The summed E-state index contributed by atoms with van der Waals surface area (Å²) in [6.45, 7) is 5.26. The van der Waals surface area contributed by atoms with Crippen molar-refractivity contribution in [2.75, 3.05) is 13.2 Å². The molecule has 0 aliphatic carbocycles. The van der Waals surface area contributed by atoms with Crippen LogP contribution in [0.5, 0.6) is 0 Å². The first-order chi connectivity index (χ1) is 8.67. The minimum absolute atomic E-state index is 0.0902. The van der Waals surface area contributed by atoms with Crippen LogP contribution in [0.25, 0.3) is 0 Å². The van der Waals surface area contributed by atoms with Crippen LogP contribution < -0.4 is 5.32 Å². The molecule has 0 radical (unpaired) electrons. The zero-order chi connectivity index (χ0) is 14.5. The van der Waals surface area contributed by atoms with E-state index in [2.05, 4.69) is 25.6 Å². The number of ether oxygens (including phenoxy) is 1. The molecule has 1 aromatic rings. The molecule has 0 aliphatic rings. The van der Waals surface area contributed by atoms with Crippen molar-refractivity contribution in [3.05, 3.63) is 5.82 Å². The molecule has 0 spiro atoms. The molecule has 0 saturated carbocycles. The van der Waals surface area contributed by atoms with Gasteiger partial charge in [0.1, 0.15) is 6.61 Å². The van der Waals surface area contributed by atoms with Gasteiger partial charge in [-0.25, -0.2) is 4.68 Å². The maximum atomic E-state index is 11.9. The highest BCUT2D eigenvalue weighted by molar-refractivity contribution is 4.83. The molecule has 0 amide bonds. The van der Waals surface area contributed by atoms with Crippen LogP contribution in [0.1, 0.15) is 26.6 Å². The zero-order valence-electron chi connectivity index (χ0n) is 11.2. The van der Waals surface area contributed by atoms with Gasteiger partial charge in [0.05, 0.1) is 19.7 Å². The Bertz CT molecular complexity index is 385. The Labute approximate surface area is 109 Å². The average Bonchev–Trinajstić information content (AvgIpc) is 2.66. The Morgan fingerprint density at radius 1 is 1.26 bits per heavy atom. The van der Waals surface area contributed by atoms with E-state index in [-0.39, 0.29) is 18.7 Å². The number of tetrazole rings is 1. The molecule has 6 nitrogen and oxygen atoms in total. The minimum atomic E-state index is -4.31. The molecule has 0 unspecified atom stereocenters. The zero-order valence-corrected chi connectivity index (χ0v) is 11.2. The number of hydrogen-bond acceptors (Lipinski definition) is 5. The Balaban J connectivity index is 2.37. The predicted octanol–water partition coefficient (Wildman–Crippen LogP) is 1.14. The van der Waals surface area contributed by atoms with Gasteiger partial charge >= 0.3 is 6.18 Å². The number of nitrogens with one attached hydrogen (secondary N) is 1. The largest absolute Gasteiger partial charge is 0.411 e. The third kappa shape index (κ3) is 7.06. The molecule has 19 heavy (non-hydrogen) atoms. The second-order valence-corrected chi connectivity index (χ2v) is 5.09. The number of aromatic nitrogens is 4. The molecule has 0 atom stereocenters. The molecule has 0 aromatic carbocycles. The van der Waals surface area contributed by atoms with Crippen molar-refractivity contribution in [3.8, 4) is 0 Å². The number of rotatable bonds is 6. The van der Waals surface area contributed by atoms with Crippen molar-refractivity contribution in [1.29, 1.82) is 0 Å². The van der Waals surface area contributed by atoms with E-state index in [1.165, 1.54) is 4.68 Å². The fraction of sp³-hybridized carbons (Fsp3) is 0.900. The van der Waals surface area contributed by atoms with E-state index >= 15 is 0 Å². The van der Waals surface area contributed by atoms with Crippen molar-refractivity contribution < 1.29 is 17.9 Å². The van der Waals surface area contributed by atoms with E-state index in [1.807, 2.05) is 20.8 Å². The van der Waals surface area contributed by atoms with E-state index in [1.54, 1.807) is 0 Å². The fourth-order valence-electron chi connectivity index (χ4n) is 1.21. The lowest BCUT2D eigenvalue weighted by atomic mass is 10.1. The van der Waals surface area contributed by atoms with Crippen LogP contribution in [0.4, 0.5) is 13.2 Å². The van der Waals surface area contributed by atoms with Crippen molar-refractivity contribution in [2.45, 2.75) is 45.6 Å². The van der Waals surface area contributed by atoms with E-state index in [4.69, 9.17) is 0 Å². The molecule has 1 rings (SSSR count). The molecule has 0 saturated heterocycles. The van der Waals surface area contributed by atoms with Gasteiger partial charge in [-0.2, -0.15) is 13.2 Å². The lowest BCUT2D eigenvalue weighted by molar-refractivity contribution is -0.174. The average molecular weight is 281 g/mol. The molecule has 110 valence electrons. The normalized spacial score (nSPS) is 12.9. The number of nitrogens with zero attached hydrogens (tertiary/aromatic N) is 4. The third-order valence-corrected chi connectivity index (χ3v) is 2.10. The Morgan fingerprint density at radius 2 is 1.95 bits per heavy atom. The van der Waals surface area contributed by atoms with Crippen LogP contribution in [0, 0.1) is 0 Å². The monoisotopic (exact) mass is 281 g/mol. The smallest absolute Gasteiger partial charge is 0.370 e. The lowest BCUT2D eigenvalue weighted by Crippen LogP contribution is -2.36. The van der Waals surface area contributed by atoms with E-state index < -0.39 is 12.8 Å². The highest BCUT2D eigenvalue weighted by atomic mass is 19.4. The summed E-state index contributed by atoms with van der Waals surface area (Å²) in [5.74, 6) is 0.561. The number of halogens is 3. The van der Waals surface area contributed by atoms with Crippen molar-refractivity contribution in [2.24, 2.45) is 0 Å².